The number of nitrogens with one attached hydrogen (secondary N) is 1. The number of halogens is 1. The van der Waals surface area contributed by atoms with E-state index in [4.69, 9.17) is 11.6 Å². The number of sulfonamides is 1. The molecule has 8 nitrogen and oxygen atoms in total. The number of aromatic nitrogens is 2. The molecule has 1 N–H and O–H groups in total. The molecule has 0 spiro atoms. The zero-order valence-electron chi connectivity index (χ0n) is 10.6. The van der Waals surface area contributed by atoms with Gasteiger partial charge in [0.15, 0.2) is 0 Å². The monoisotopic (exact) mass is 328 g/mol. The summed E-state index contributed by atoms with van der Waals surface area (Å²) in [6.45, 7) is 1.62. The van der Waals surface area contributed by atoms with Crippen LogP contribution in [0.1, 0.15) is 5.69 Å². The predicted octanol–water partition coefficient (Wildman–Crippen LogP) is 2.15. The Labute approximate surface area is 125 Å². The molecule has 110 valence electrons. The Morgan fingerprint density at radius 2 is 2.00 bits per heavy atom. The van der Waals surface area contributed by atoms with Crippen molar-refractivity contribution in [1.29, 1.82) is 0 Å². The van der Waals surface area contributed by atoms with E-state index in [1.807, 2.05) is 0 Å². The lowest BCUT2D eigenvalue weighted by molar-refractivity contribution is -0.385. The van der Waals surface area contributed by atoms with Gasteiger partial charge in [-0.2, -0.15) is 0 Å². The number of nitrogens with zero attached hydrogens (tertiary/aromatic N) is 3. The van der Waals surface area contributed by atoms with Gasteiger partial charge in [-0.25, -0.2) is 23.1 Å². The van der Waals surface area contributed by atoms with E-state index in [0.29, 0.717) is 5.69 Å². The highest BCUT2D eigenvalue weighted by atomic mass is 35.5. The van der Waals surface area contributed by atoms with E-state index in [0.717, 1.165) is 6.07 Å². The number of benzene rings is 1. The van der Waals surface area contributed by atoms with Gasteiger partial charge < -0.3 is 0 Å². The molecule has 10 heteroatoms. The number of nitro groups is 1. The SMILES string of the molecule is Cc1cc(Cl)nc(NS(=O)(=O)c2cccc([N+](=O)[O-])c2)n1. The molecule has 2 rings (SSSR count). The number of anilines is 1. The highest BCUT2D eigenvalue weighted by Gasteiger charge is 2.19. The van der Waals surface area contributed by atoms with Crippen LogP contribution in [0.5, 0.6) is 0 Å². The first kappa shape index (κ1) is 15.1. The first-order valence-electron chi connectivity index (χ1n) is 5.56. The number of hydrogen-bond donors (Lipinski definition) is 1. The summed E-state index contributed by atoms with van der Waals surface area (Å²) >= 11 is 5.72. The molecular weight excluding hydrogens is 320 g/mol. The molecule has 0 unspecified atom stereocenters. The zero-order valence-corrected chi connectivity index (χ0v) is 12.2. The summed E-state index contributed by atoms with van der Waals surface area (Å²) in [5.74, 6) is -0.202. The first-order chi connectivity index (χ1) is 9.78. The summed E-state index contributed by atoms with van der Waals surface area (Å²) in [6, 6.07) is 6.11. The van der Waals surface area contributed by atoms with Crippen LogP contribution in [-0.2, 0) is 10.0 Å². The second-order valence-corrected chi connectivity index (χ2v) is 6.09. The van der Waals surface area contributed by atoms with E-state index in [9.17, 15) is 18.5 Å². The lowest BCUT2D eigenvalue weighted by atomic mass is 10.3. The van der Waals surface area contributed by atoms with E-state index in [-0.39, 0.29) is 21.7 Å². The first-order valence-corrected chi connectivity index (χ1v) is 7.42. The summed E-state index contributed by atoms with van der Waals surface area (Å²) in [7, 11) is -4.04. The number of aryl methyl sites for hydroxylation is 1. The average Bonchev–Trinajstić information content (AvgIpc) is 2.37. The largest absolute Gasteiger partial charge is 0.270 e. The van der Waals surface area contributed by atoms with Crippen molar-refractivity contribution in [3.8, 4) is 0 Å². The van der Waals surface area contributed by atoms with Crippen molar-refractivity contribution in [2.45, 2.75) is 11.8 Å². The Morgan fingerprint density at radius 1 is 1.29 bits per heavy atom. The highest BCUT2D eigenvalue weighted by molar-refractivity contribution is 7.92. The minimum Gasteiger partial charge on any atom is -0.258 e. The molecule has 0 amide bonds. The van der Waals surface area contributed by atoms with Crippen molar-refractivity contribution < 1.29 is 13.3 Å². The predicted molar refractivity (Wildman–Crippen MR) is 75.7 cm³/mol. The summed E-state index contributed by atoms with van der Waals surface area (Å²) in [5.41, 5.74) is 0.146. The van der Waals surface area contributed by atoms with Gasteiger partial charge in [0.05, 0.1) is 9.82 Å². The van der Waals surface area contributed by atoms with Crippen molar-refractivity contribution >= 4 is 33.3 Å². The van der Waals surface area contributed by atoms with Crippen LogP contribution in [0.4, 0.5) is 11.6 Å². The van der Waals surface area contributed by atoms with Crippen molar-refractivity contribution in [1.82, 2.24) is 9.97 Å². The normalized spacial score (nSPS) is 11.1. The van der Waals surface area contributed by atoms with Crippen molar-refractivity contribution in [3.05, 3.63) is 51.3 Å². The van der Waals surface area contributed by atoms with Crippen LogP contribution in [0.3, 0.4) is 0 Å². The smallest absolute Gasteiger partial charge is 0.258 e. The molecule has 0 fully saturated rings. The molecular formula is C11H9ClN4O4S. The van der Waals surface area contributed by atoms with Gasteiger partial charge in [0.2, 0.25) is 5.95 Å². The third-order valence-corrected chi connectivity index (χ3v) is 3.91. The van der Waals surface area contributed by atoms with Gasteiger partial charge in [0, 0.05) is 17.8 Å². The van der Waals surface area contributed by atoms with Gasteiger partial charge in [-0.1, -0.05) is 17.7 Å². The summed E-state index contributed by atoms with van der Waals surface area (Å²) in [4.78, 5) is 17.3. The van der Waals surface area contributed by atoms with Crippen LogP contribution in [0.25, 0.3) is 0 Å². The Hall–Kier alpha value is -2.26. The standard InChI is InChI=1S/C11H9ClN4O4S/c1-7-5-10(12)14-11(13-7)15-21(19,20)9-4-2-3-8(6-9)16(17)18/h2-6H,1H3,(H,13,14,15). The molecule has 21 heavy (non-hydrogen) atoms. The van der Waals surface area contributed by atoms with Gasteiger partial charge in [-0.15, -0.1) is 0 Å². The molecule has 1 aromatic heterocycles. The molecule has 0 bridgehead atoms. The average molecular weight is 329 g/mol. The molecule has 2 aromatic rings. The maximum absolute atomic E-state index is 12.1. The molecule has 0 radical (unpaired) electrons. The van der Waals surface area contributed by atoms with Crippen molar-refractivity contribution in [3.63, 3.8) is 0 Å². The van der Waals surface area contributed by atoms with Crippen LogP contribution in [0, 0.1) is 17.0 Å². The Morgan fingerprint density at radius 3 is 2.62 bits per heavy atom. The van der Waals surface area contributed by atoms with E-state index < -0.39 is 14.9 Å². The Kier molecular flexibility index (Phi) is 4.05. The molecule has 0 saturated carbocycles. The lowest BCUT2D eigenvalue weighted by Crippen LogP contribution is -2.15. The molecule has 1 heterocycles. The Balaban J connectivity index is 2.38. The molecule has 0 aliphatic heterocycles. The molecule has 0 saturated heterocycles. The number of hydrogen-bond acceptors (Lipinski definition) is 6. The summed E-state index contributed by atoms with van der Waals surface area (Å²) in [5, 5.41) is 10.8. The maximum Gasteiger partial charge on any atom is 0.270 e. The third kappa shape index (κ3) is 3.64. The maximum atomic E-state index is 12.1. The fraction of sp³-hybridized carbons (Fsp3) is 0.0909. The minimum absolute atomic E-state index is 0.0826. The number of non-ortho nitro benzene ring substituents is 1. The van der Waals surface area contributed by atoms with Crippen molar-refractivity contribution in [2.75, 3.05) is 4.72 Å². The Bertz CT molecular complexity index is 789. The van der Waals surface area contributed by atoms with Crippen LogP contribution in [0.2, 0.25) is 5.15 Å². The molecule has 0 aliphatic rings. The van der Waals surface area contributed by atoms with E-state index in [1.165, 1.54) is 24.3 Å². The second-order valence-electron chi connectivity index (χ2n) is 4.02. The molecule has 1 aromatic carbocycles. The quantitative estimate of drug-likeness (QED) is 0.522. The van der Waals surface area contributed by atoms with E-state index >= 15 is 0 Å². The second kappa shape index (κ2) is 5.62. The minimum atomic E-state index is -4.04. The van der Waals surface area contributed by atoms with Gasteiger partial charge in [0.1, 0.15) is 5.15 Å². The van der Waals surface area contributed by atoms with Crippen molar-refractivity contribution in [2.24, 2.45) is 0 Å². The lowest BCUT2D eigenvalue weighted by Gasteiger charge is -2.07. The van der Waals surface area contributed by atoms with Crippen LogP contribution < -0.4 is 4.72 Å². The number of nitro benzene ring substituents is 1. The fourth-order valence-electron chi connectivity index (χ4n) is 1.52. The molecule has 0 aliphatic carbocycles. The van der Waals surface area contributed by atoms with E-state index in [2.05, 4.69) is 14.7 Å². The van der Waals surface area contributed by atoms with Crippen LogP contribution in [-0.4, -0.2) is 23.3 Å². The highest BCUT2D eigenvalue weighted by Crippen LogP contribution is 2.19. The zero-order chi connectivity index (χ0) is 15.6. The third-order valence-electron chi connectivity index (χ3n) is 2.39. The van der Waals surface area contributed by atoms with Gasteiger partial charge in [0.25, 0.3) is 15.7 Å². The van der Waals surface area contributed by atoms with Gasteiger partial charge in [-0.3, -0.25) is 10.1 Å². The van der Waals surface area contributed by atoms with Gasteiger partial charge in [-0.05, 0) is 19.1 Å². The topological polar surface area (TPSA) is 115 Å². The van der Waals surface area contributed by atoms with Gasteiger partial charge >= 0.3 is 0 Å². The number of rotatable bonds is 4. The molecule has 0 atom stereocenters. The van der Waals surface area contributed by atoms with E-state index in [1.54, 1.807) is 6.92 Å². The van der Waals surface area contributed by atoms with Crippen LogP contribution in [0.15, 0.2) is 35.2 Å². The summed E-state index contributed by atoms with van der Waals surface area (Å²) in [6.07, 6.45) is 0. The summed E-state index contributed by atoms with van der Waals surface area (Å²) < 4.78 is 26.4. The van der Waals surface area contributed by atoms with Crippen LogP contribution >= 0.6 is 11.6 Å². The fourth-order valence-corrected chi connectivity index (χ4v) is 2.74.